The Bertz CT molecular complexity index is 783. The van der Waals surface area contributed by atoms with Gasteiger partial charge in [0, 0.05) is 12.4 Å². The summed E-state index contributed by atoms with van der Waals surface area (Å²) in [5, 5.41) is 7.45. The molecule has 0 aliphatic carbocycles. The Kier molecular flexibility index (Phi) is 3.81. The first-order chi connectivity index (χ1) is 10.2. The summed E-state index contributed by atoms with van der Waals surface area (Å²) in [5.74, 6) is -0.300. The smallest absolute Gasteiger partial charge is 0.260 e. The lowest BCUT2D eigenvalue weighted by Crippen LogP contribution is -2.14. The maximum atomic E-state index is 12.3. The molecule has 0 fully saturated rings. The average Bonchev–Trinajstić information content (AvgIpc) is 3.10. The van der Waals surface area contributed by atoms with Crippen molar-refractivity contribution in [1.82, 2.24) is 9.78 Å². The molecular formula is C14H9BrClN3O2. The number of aromatic nitrogens is 2. The van der Waals surface area contributed by atoms with Gasteiger partial charge in [0.15, 0.2) is 4.67 Å². The van der Waals surface area contributed by atoms with Crippen LogP contribution in [0.3, 0.4) is 0 Å². The summed E-state index contributed by atoms with van der Waals surface area (Å²) in [6, 6.07) is 8.62. The van der Waals surface area contributed by atoms with Crippen LogP contribution in [0.2, 0.25) is 5.02 Å². The predicted molar refractivity (Wildman–Crippen MR) is 82.9 cm³/mol. The highest BCUT2D eigenvalue weighted by molar-refractivity contribution is 9.10. The number of para-hydroxylation sites is 1. The number of carbonyl (C=O) groups excluding carboxylic acids is 1. The second kappa shape index (κ2) is 5.75. The first kappa shape index (κ1) is 13.9. The largest absolute Gasteiger partial charge is 0.457 e. The van der Waals surface area contributed by atoms with Gasteiger partial charge in [-0.1, -0.05) is 17.7 Å². The molecule has 7 heteroatoms. The van der Waals surface area contributed by atoms with Crippen molar-refractivity contribution in [2.45, 2.75) is 0 Å². The molecule has 0 aliphatic heterocycles. The van der Waals surface area contributed by atoms with Crippen molar-refractivity contribution in [3.63, 3.8) is 0 Å². The minimum atomic E-state index is -0.300. The number of hydrogen-bond donors (Lipinski definition) is 1. The van der Waals surface area contributed by atoms with Crippen LogP contribution in [0.25, 0.3) is 5.69 Å². The van der Waals surface area contributed by atoms with Gasteiger partial charge in [0.25, 0.3) is 5.91 Å². The van der Waals surface area contributed by atoms with Gasteiger partial charge < -0.3 is 9.73 Å². The Hall–Kier alpha value is -2.05. The number of furan rings is 1. The zero-order valence-electron chi connectivity index (χ0n) is 10.6. The summed E-state index contributed by atoms with van der Waals surface area (Å²) in [4.78, 5) is 12.3. The van der Waals surface area contributed by atoms with Crippen LogP contribution in [0.1, 0.15) is 10.4 Å². The van der Waals surface area contributed by atoms with E-state index in [1.807, 2.05) is 0 Å². The summed E-state index contributed by atoms with van der Waals surface area (Å²) >= 11 is 9.40. The van der Waals surface area contributed by atoms with Gasteiger partial charge in [0.2, 0.25) is 0 Å². The lowest BCUT2D eigenvalue weighted by molar-refractivity contribution is 0.102. The topological polar surface area (TPSA) is 60.1 Å². The summed E-state index contributed by atoms with van der Waals surface area (Å²) in [6.45, 7) is 0. The summed E-state index contributed by atoms with van der Waals surface area (Å²) in [5.41, 5.74) is 1.57. The summed E-state index contributed by atoms with van der Waals surface area (Å²) in [6.07, 6.45) is 4.83. The molecule has 21 heavy (non-hydrogen) atoms. The number of nitrogens with zero attached hydrogens (tertiary/aromatic N) is 2. The third kappa shape index (κ3) is 2.72. The van der Waals surface area contributed by atoms with Crippen molar-refractivity contribution in [3.05, 3.63) is 64.2 Å². The van der Waals surface area contributed by atoms with E-state index in [0.29, 0.717) is 26.6 Å². The fraction of sp³-hybridized carbons (Fsp3) is 0. The van der Waals surface area contributed by atoms with E-state index in [1.165, 1.54) is 6.26 Å². The zero-order valence-corrected chi connectivity index (χ0v) is 12.9. The first-order valence-electron chi connectivity index (χ1n) is 5.99. The maximum absolute atomic E-state index is 12.3. The highest BCUT2D eigenvalue weighted by atomic mass is 79.9. The second-order valence-corrected chi connectivity index (χ2v) is 5.28. The van der Waals surface area contributed by atoms with Crippen molar-refractivity contribution < 1.29 is 9.21 Å². The predicted octanol–water partition coefficient (Wildman–Crippen LogP) is 4.13. The molecule has 1 aromatic carbocycles. The van der Waals surface area contributed by atoms with E-state index in [4.69, 9.17) is 16.0 Å². The molecule has 3 aromatic rings. The molecule has 2 heterocycles. The van der Waals surface area contributed by atoms with E-state index in [-0.39, 0.29) is 5.91 Å². The zero-order chi connectivity index (χ0) is 14.8. The highest BCUT2D eigenvalue weighted by Crippen LogP contribution is 2.29. The van der Waals surface area contributed by atoms with Gasteiger partial charge in [0.1, 0.15) is 5.69 Å². The molecule has 0 unspecified atom stereocenters. The summed E-state index contributed by atoms with van der Waals surface area (Å²) in [7, 11) is 0. The van der Waals surface area contributed by atoms with Crippen molar-refractivity contribution >= 4 is 39.1 Å². The standard InChI is InChI=1S/C14H9BrClN3O2/c15-13-9(5-8-21-13)14(20)18-11-4-1-3-10(16)12(11)19-7-2-6-17-19/h1-8H,(H,18,20). The molecule has 0 saturated carbocycles. The van der Waals surface area contributed by atoms with Crippen LogP contribution in [-0.4, -0.2) is 15.7 Å². The number of halogens is 2. The molecule has 0 spiro atoms. The van der Waals surface area contributed by atoms with Gasteiger partial charge in [-0.15, -0.1) is 0 Å². The Morgan fingerprint density at radius 2 is 2.19 bits per heavy atom. The molecule has 2 aromatic heterocycles. The van der Waals surface area contributed by atoms with Crippen molar-refractivity contribution in [3.8, 4) is 5.69 Å². The molecule has 1 N–H and O–H groups in total. The number of benzene rings is 1. The van der Waals surface area contributed by atoms with Crippen LogP contribution in [0.4, 0.5) is 5.69 Å². The number of hydrogen-bond acceptors (Lipinski definition) is 3. The Morgan fingerprint density at radius 1 is 1.33 bits per heavy atom. The highest BCUT2D eigenvalue weighted by Gasteiger charge is 2.16. The van der Waals surface area contributed by atoms with Gasteiger partial charge in [-0.05, 0) is 40.2 Å². The Morgan fingerprint density at radius 3 is 2.86 bits per heavy atom. The number of carbonyl (C=O) groups is 1. The maximum Gasteiger partial charge on any atom is 0.260 e. The third-order valence-corrected chi connectivity index (χ3v) is 3.75. The van der Waals surface area contributed by atoms with Crippen molar-refractivity contribution in [1.29, 1.82) is 0 Å². The lowest BCUT2D eigenvalue weighted by Gasteiger charge is -2.12. The molecule has 0 aliphatic rings. The van der Waals surface area contributed by atoms with E-state index in [9.17, 15) is 4.79 Å². The van der Waals surface area contributed by atoms with Crippen LogP contribution < -0.4 is 5.32 Å². The number of anilines is 1. The molecule has 106 valence electrons. The second-order valence-electron chi connectivity index (χ2n) is 4.15. The average molecular weight is 367 g/mol. The van der Waals surface area contributed by atoms with Gasteiger partial charge >= 0.3 is 0 Å². The van der Waals surface area contributed by atoms with E-state index >= 15 is 0 Å². The molecule has 0 radical (unpaired) electrons. The molecule has 5 nitrogen and oxygen atoms in total. The van der Waals surface area contributed by atoms with E-state index in [1.54, 1.807) is 47.4 Å². The van der Waals surface area contributed by atoms with Crippen LogP contribution in [0.5, 0.6) is 0 Å². The Balaban J connectivity index is 1.98. The number of nitrogens with one attached hydrogen (secondary N) is 1. The molecule has 0 bridgehead atoms. The number of rotatable bonds is 3. The van der Waals surface area contributed by atoms with Gasteiger partial charge in [-0.3, -0.25) is 4.79 Å². The van der Waals surface area contributed by atoms with E-state index < -0.39 is 0 Å². The lowest BCUT2D eigenvalue weighted by atomic mass is 10.2. The SMILES string of the molecule is O=C(Nc1cccc(Cl)c1-n1cccn1)c1ccoc1Br. The molecule has 0 saturated heterocycles. The molecule has 1 amide bonds. The van der Waals surface area contributed by atoms with E-state index in [2.05, 4.69) is 26.3 Å². The molecular weight excluding hydrogens is 358 g/mol. The quantitative estimate of drug-likeness (QED) is 0.758. The van der Waals surface area contributed by atoms with Crippen LogP contribution in [0, 0.1) is 0 Å². The number of amides is 1. The third-order valence-electron chi connectivity index (χ3n) is 2.83. The van der Waals surface area contributed by atoms with Crippen LogP contribution in [0.15, 0.2) is 58.1 Å². The first-order valence-corrected chi connectivity index (χ1v) is 7.17. The fourth-order valence-electron chi connectivity index (χ4n) is 1.90. The van der Waals surface area contributed by atoms with Gasteiger partial charge in [-0.25, -0.2) is 4.68 Å². The minimum absolute atomic E-state index is 0.300. The fourth-order valence-corrected chi connectivity index (χ4v) is 2.58. The van der Waals surface area contributed by atoms with Crippen molar-refractivity contribution in [2.75, 3.05) is 5.32 Å². The monoisotopic (exact) mass is 365 g/mol. The summed E-state index contributed by atoms with van der Waals surface area (Å²) < 4.78 is 7.04. The van der Waals surface area contributed by atoms with Crippen LogP contribution in [-0.2, 0) is 0 Å². The van der Waals surface area contributed by atoms with E-state index in [0.717, 1.165) is 0 Å². The van der Waals surface area contributed by atoms with Crippen molar-refractivity contribution in [2.24, 2.45) is 0 Å². The van der Waals surface area contributed by atoms with Gasteiger partial charge in [-0.2, -0.15) is 5.10 Å². The minimum Gasteiger partial charge on any atom is -0.457 e. The molecule has 3 rings (SSSR count). The van der Waals surface area contributed by atoms with Gasteiger partial charge in [0.05, 0.1) is 22.5 Å². The Labute approximate surface area is 133 Å². The normalized spacial score (nSPS) is 10.6. The molecule has 0 atom stereocenters. The van der Waals surface area contributed by atoms with Crippen LogP contribution >= 0.6 is 27.5 Å².